The minimum Gasteiger partial charge on any atom is -0.477 e. The summed E-state index contributed by atoms with van der Waals surface area (Å²) in [5, 5.41) is 15.6. The van der Waals surface area contributed by atoms with E-state index in [1.165, 1.54) is 6.08 Å². The molecule has 0 spiro atoms. The second kappa shape index (κ2) is 8.88. The van der Waals surface area contributed by atoms with Crippen molar-refractivity contribution in [3.63, 3.8) is 0 Å². The quantitative estimate of drug-likeness (QED) is 0.519. The maximum atomic E-state index is 12.2. The van der Waals surface area contributed by atoms with Crippen molar-refractivity contribution in [1.82, 2.24) is 5.32 Å². The summed E-state index contributed by atoms with van der Waals surface area (Å²) in [5.74, 6) is -1.70. The first-order valence-corrected chi connectivity index (χ1v) is 8.84. The molecule has 0 bridgehead atoms. The van der Waals surface area contributed by atoms with Crippen LogP contribution in [0.4, 0.5) is 11.4 Å². The van der Waals surface area contributed by atoms with Crippen molar-refractivity contribution in [1.29, 1.82) is 0 Å². The maximum absolute atomic E-state index is 12.2. The van der Waals surface area contributed by atoms with Gasteiger partial charge in [0.2, 0.25) is 0 Å². The van der Waals surface area contributed by atoms with Crippen molar-refractivity contribution in [3.8, 4) is 0 Å². The van der Waals surface area contributed by atoms with E-state index in [2.05, 4.69) is 10.6 Å². The van der Waals surface area contributed by atoms with Crippen molar-refractivity contribution in [2.24, 2.45) is 0 Å². The molecule has 0 saturated heterocycles. The van der Waals surface area contributed by atoms with Gasteiger partial charge in [-0.3, -0.25) is 4.79 Å². The first-order valence-electron chi connectivity index (χ1n) is 8.46. The molecule has 0 fully saturated rings. The number of aliphatic carboxylic acids is 1. The Hall–Kier alpha value is -3.57. The number of nitrogens with one attached hydrogen (secondary N) is 2. The Bertz CT molecular complexity index is 1020. The van der Waals surface area contributed by atoms with Crippen molar-refractivity contribution in [2.45, 2.75) is 0 Å². The first kappa shape index (κ1) is 19.2. The van der Waals surface area contributed by atoms with Gasteiger partial charge in [-0.2, -0.15) is 0 Å². The largest absolute Gasteiger partial charge is 0.477 e. The summed E-state index contributed by atoms with van der Waals surface area (Å²) in [6, 6.07) is 22.9. The monoisotopic (exact) mass is 392 g/mol. The Kier molecular flexibility index (Phi) is 6.09. The van der Waals surface area contributed by atoms with E-state index in [-0.39, 0.29) is 5.70 Å². The Morgan fingerprint density at radius 2 is 1.50 bits per heavy atom. The van der Waals surface area contributed by atoms with Gasteiger partial charge in [0.25, 0.3) is 5.91 Å². The average molecular weight is 393 g/mol. The zero-order chi connectivity index (χ0) is 19.9. The molecule has 0 radical (unpaired) electrons. The number of carbonyl (C=O) groups excluding carboxylic acids is 1. The number of rotatable bonds is 6. The van der Waals surface area contributed by atoms with E-state index >= 15 is 0 Å². The normalized spacial score (nSPS) is 11.0. The van der Waals surface area contributed by atoms with Gasteiger partial charge < -0.3 is 15.7 Å². The van der Waals surface area contributed by atoms with Crippen LogP contribution in [0.5, 0.6) is 0 Å². The molecule has 140 valence electrons. The van der Waals surface area contributed by atoms with Crippen LogP contribution in [-0.2, 0) is 4.79 Å². The smallest absolute Gasteiger partial charge is 0.352 e. The molecule has 3 aromatic rings. The molecule has 3 aromatic carbocycles. The lowest BCUT2D eigenvalue weighted by atomic mass is 10.1. The molecule has 0 saturated carbocycles. The number of hydrogen-bond acceptors (Lipinski definition) is 3. The summed E-state index contributed by atoms with van der Waals surface area (Å²) in [7, 11) is 0. The highest BCUT2D eigenvalue weighted by molar-refractivity contribution is 6.33. The van der Waals surface area contributed by atoms with Crippen LogP contribution in [0.3, 0.4) is 0 Å². The summed E-state index contributed by atoms with van der Waals surface area (Å²) in [6.07, 6.45) is 1.41. The number of anilines is 2. The predicted molar refractivity (Wildman–Crippen MR) is 111 cm³/mol. The molecule has 0 heterocycles. The van der Waals surface area contributed by atoms with E-state index < -0.39 is 11.9 Å². The lowest BCUT2D eigenvalue weighted by Gasteiger charge is -2.09. The van der Waals surface area contributed by atoms with E-state index in [0.29, 0.717) is 16.1 Å². The predicted octanol–water partition coefficient (Wildman–Crippen LogP) is 4.94. The Morgan fingerprint density at radius 1 is 0.857 bits per heavy atom. The molecule has 3 N–H and O–H groups in total. The molecular formula is C22H17ClN2O3. The third-order valence-corrected chi connectivity index (χ3v) is 4.22. The van der Waals surface area contributed by atoms with Crippen LogP contribution in [0.15, 0.2) is 84.6 Å². The molecule has 0 unspecified atom stereocenters. The minimum atomic E-state index is -1.22. The van der Waals surface area contributed by atoms with Gasteiger partial charge in [-0.1, -0.05) is 54.1 Å². The maximum Gasteiger partial charge on any atom is 0.352 e. The van der Waals surface area contributed by atoms with Gasteiger partial charge in [0.05, 0.1) is 10.7 Å². The van der Waals surface area contributed by atoms with Crippen LogP contribution in [-0.4, -0.2) is 17.0 Å². The highest BCUT2D eigenvalue weighted by atomic mass is 35.5. The number of para-hydroxylation sites is 1. The van der Waals surface area contributed by atoms with Gasteiger partial charge in [-0.25, -0.2) is 4.79 Å². The molecule has 28 heavy (non-hydrogen) atoms. The number of amides is 1. The Balaban J connectivity index is 1.75. The second-order valence-corrected chi connectivity index (χ2v) is 6.32. The van der Waals surface area contributed by atoms with Crippen LogP contribution in [0.25, 0.3) is 6.08 Å². The number of carbonyl (C=O) groups is 2. The van der Waals surface area contributed by atoms with Crippen LogP contribution in [0, 0.1) is 0 Å². The van der Waals surface area contributed by atoms with Gasteiger partial charge in [0, 0.05) is 11.3 Å². The minimum absolute atomic E-state index is 0.208. The van der Waals surface area contributed by atoms with Gasteiger partial charge in [0.15, 0.2) is 0 Å². The van der Waals surface area contributed by atoms with Crippen LogP contribution < -0.4 is 10.6 Å². The van der Waals surface area contributed by atoms with Crippen molar-refractivity contribution >= 4 is 40.9 Å². The van der Waals surface area contributed by atoms with Gasteiger partial charge >= 0.3 is 5.97 Å². The van der Waals surface area contributed by atoms with E-state index in [9.17, 15) is 14.7 Å². The molecule has 6 heteroatoms. The molecule has 5 nitrogen and oxygen atoms in total. The molecule has 1 amide bonds. The van der Waals surface area contributed by atoms with Gasteiger partial charge in [-0.15, -0.1) is 0 Å². The van der Waals surface area contributed by atoms with Crippen LogP contribution in [0.2, 0.25) is 5.02 Å². The summed E-state index contributed by atoms with van der Waals surface area (Å²) < 4.78 is 0. The van der Waals surface area contributed by atoms with Crippen molar-refractivity contribution < 1.29 is 14.7 Å². The topological polar surface area (TPSA) is 78.4 Å². The molecule has 0 aliphatic rings. The van der Waals surface area contributed by atoms with E-state index in [1.54, 1.807) is 60.7 Å². The SMILES string of the molecule is O=C(O)C(=Cc1ccc(Nc2ccccc2Cl)cc1)NC(=O)c1ccccc1. The zero-order valence-electron chi connectivity index (χ0n) is 14.7. The Morgan fingerprint density at radius 3 is 2.14 bits per heavy atom. The molecule has 0 aromatic heterocycles. The summed E-state index contributed by atoms with van der Waals surface area (Å²) in [5.41, 5.74) is 2.38. The molecular weight excluding hydrogens is 376 g/mol. The third-order valence-electron chi connectivity index (χ3n) is 3.89. The first-order chi connectivity index (χ1) is 13.5. The molecule has 0 atom stereocenters. The molecule has 0 aliphatic heterocycles. The highest BCUT2D eigenvalue weighted by Crippen LogP contribution is 2.25. The van der Waals surface area contributed by atoms with E-state index in [0.717, 1.165) is 11.4 Å². The number of hydrogen-bond donors (Lipinski definition) is 3. The number of benzene rings is 3. The zero-order valence-corrected chi connectivity index (χ0v) is 15.5. The number of carboxylic acid groups (broad SMARTS) is 1. The summed E-state index contributed by atoms with van der Waals surface area (Å²) in [6.45, 7) is 0. The standard InChI is InChI=1S/C22H17ClN2O3/c23-18-8-4-5-9-19(18)24-17-12-10-15(11-13-17)14-20(22(27)28)25-21(26)16-6-2-1-3-7-16/h1-14,24H,(H,25,26)(H,27,28). The van der Waals surface area contributed by atoms with Crippen molar-refractivity contribution in [3.05, 3.63) is 101 Å². The van der Waals surface area contributed by atoms with Crippen LogP contribution in [0.1, 0.15) is 15.9 Å². The molecule has 0 aliphatic carbocycles. The fourth-order valence-corrected chi connectivity index (χ4v) is 2.67. The van der Waals surface area contributed by atoms with Crippen molar-refractivity contribution in [2.75, 3.05) is 5.32 Å². The lowest BCUT2D eigenvalue weighted by Crippen LogP contribution is -2.27. The third kappa shape index (κ3) is 4.99. The van der Waals surface area contributed by atoms with Crippen LogP contribution >= 0.6 is 11.6 Å². The van der Waals surface area contributed by atoms with Gasteiger partial charge in [0.1, 0.15) is 5.70 Å². The van der Waals surface area contributed by atoms with Gasteiger partial charge in [-0.05, 0) is 48.0 Å². The highest BCUT2D eigenvalue weighted by Gasteiger charge is 2.13. The summed E-state index contributed by atoms with van der Waals surface area (Å²) in [4.78, 5) is 23.7. The number of halogens is 1. The molecule has 3 rings (SSSR count). The van der Waals surface area contributed by atoms with E-state index in [4.69, 9.17) is 11.6 Å². The second-order valence-electron chi connectivity index (χ2n) is 5.91. The lowest BCUT2D eigenvalue weighted by molar-refractivity contribution is -0.132. The fraction of sp³-hybridized carbons (Fsp3) is 0. The fourth-order valence-electron chi connectivity index (χ4n) is 2.48. The number of carboxylic acids is 1. The average Bonchev–Trinajstić information content (AvgIpc) is 2.71. The van der Waals surface area contributed by atoms with E-state index in [1.807, 2.05) is 18.2 Å². The summed E-state index contributed by atoms with van der Waals surface area (Å²) >= 11 is 6.13. The Labute approximate surface area is 167 Å².